The molecular formula is C25H24N2O7S2. The molecule has 1 unspecified atom stereocenters. The summed E-state index contributed by atoms with van der Waals surface area (Å²) in [7, 11) is -4.27. The number of thiophene rings is 1. The standard InChI is InChI=1S/C25H24N2O7S2/c1-5-32-19-11-6-7-12-20(19)34-36(30,31)18-10-8-9-17(13-18)25(29)33-15(3)22-26-23(28)21-14(2)16(4)35-24(21)27-22/h6-13,15H,5H2,1-4H3,(H,26,27,28). The Bertz CT molecular complexity index is 1610. The Balaban J connectivity index is 1.55. The zero-order valence-corrected chi connectivity index (χ0v) is 21.7. The van der Waals surface area contributed by atoms with Crippen LogP contribution in [0.2, 0.25) is 0 Å². The van der Waals surface area contributed by atoms with E-state index in [9.17, 15) is 18.0 Å². The Morgan fingerprint density at radius 2 is 1.83 bits per heavy atom. The predicted molar refractivity (Wildman–Crippen MR) is 135 cm³/mol. The molecule has 0 bridgehead atoms. The van der Waals surface area contributed by atoms with E-state index in [1.54, 1.807) is 32.0 Å². The van der Waals surface area contributed by atoms with Crippen molar-refractivity contribution in [1.29, 1.82) is 0 Å². The average Bonchev–Trinajstić information content (AvgIpc) is 3.14. The minimum atomic E-state index is -4.27. The van der Waals surface area contributed by atoms with Gasteiger partial charge >= 0.3 is 16.1 Å². The van der Waals surface area contributed by atoms with Gasteiger partial charge in [-0.1, -0.05) is 18.2 Å². The number of aryl methyl sites for hydroxylation is 2. The van der Waals surface area contributed by atoms with E-state index in [1.165, 1.54) is 41.7 Å². The first-order chi connectivity index (χ1) is 17.1. The lowest BCUT2D eigenvalue weighted by Crippen LogP contribution is -2.17. The number of carbonyl (C=O) groups is 1. The highest BCUT2D eigenvalue weighted by molar-refractivity contribution is 7.87. The van der Waals surface area contributed by atoms with Crippen molar-refractivity contribution in [2.24, 2.45) is 0 Å². The number of ether oxygens (including phenoxy) is 2. The Hall–Kier alpha value is -3.70. The van der Waals surface area contributed by atoms with Gasteiger partial charge in [0.25, 0.3) is 5.56 Å². The van der Waals surface area contributed by atoms with Crippen molar-refractivity contribution in [3.05, 3.63) is 80.7 Å². The maximum Gasteiger partial charge on any atom is 0.339 e. The third-order valence-corrected chi connectivity index (χ3v) is 7.76. The molecule has 4 rings (SSSR count). The van der Waals surface area contributed by atoms with Crippen LogP contribution in [0.25, 0.3) is 10.2 Å². The van der Waals surface area contributed by atoms with E-state index < -0.39 is 22.2 Å². The van der Waals surface area contributed by atoms with Crippen LogP contribution in [0.1, 0.15) is 46.6 Å². The summed E-state index contributed by atoms with van der Waals surface area (Å²) >= 11 is 1.39. The molecule has 0 aliphatic rings. The first-order valence-corrected chi connectivity index (χ1v) is 13.3. The zero-order chi connectivity index (χ0) is 26.0. The number of para-hydroxylation sites is 2. The van der Waals surface area contributed by atoms with Crippen molar-refractivity contribution in [3.8, 4) is 11.5 Å². The van der Waals surface area contributed by atoms with Gasteiger partial charge < -0.3 is 18.6 Å². The number of H-pyrrole nitrogens is 1. The molecule has 2 aromatic carbocycles. The second-order valence-corrected chi connectivity index (χ2v) is 10.7. The molecule has 0 spiro atoms. The van der Waals surface area contributed by atoms with Gasteiger partial charge in [0.1, 0.15) is 9.73 Å². The molecular weight excluding hydrogens is 504 g/mol. The Labute approximate surface area is 211 Å². The van der Waals surface area contributed by atoms with E-state index in [1.807, 2.05) is 13.8 Å². The fourth-order valence-electron chi connectivity index (χ4n) is 3.49. The molecule has 2 heterocycles. The SMILES string of the molecule is CCOc1ccccc1OS(=O)(=O)c1cccc(C(=O)OC(C)c2nc3sc(C)c(C)c3c(=O)[nH]2)c1. The summed E-state index contributed by atoms with van der Waals surface area (Å²) in [5.41, 5.74) is 0.553. The molecule has 2 aromatic heterocycles. The first kappa shape index (κ1) is 25.4. The number of nitrogens with one attached hydrogen (secondary N) is 1. The van der Waals surface area contributed by atoms with Crippen molar-refractivity contribution in [3.63, 3.8) is 0 Å². The van der Waals surface area contributed by atoms with Gasteiger partial charge in [0, 0.05) is 4.88 Å². The normalized spacial score (nSPS) is 12.3. The van der Waals surface area contributed by atoms with Gasteiger partial charge in [-0.2, -0.15) is 8.42 Å². The molecule has 11 heteroatoms. The Morgan fingerprint density at radius 1 is 1.11 bits per heavy atom. The maximum atomic E-state index is 12.9. The van der Waals surface area contributed by atoms with Crippen LogP contribution in [0.3, 0.4) is 0 Å². The van der Waals surface area contributed by atoms with Crippen molar-refractivity contribution in [2.75, 3.05) is 6.61 Å². The van der Waals surface area contributed by atoms with E-state index in [4.69, 9.17) is 13.7 Å². The molecule has 1 N–H and O–H groups in total. The van der Waals surface area contributed by atoms with E-state index in [0.29, 0.717) is 16.8 Å². The second-order valence-electron chi connectivity index (χ2n) is 7.91. The van der Waals surface area contributed by atoms with Crippen LogP contribution in [0.4, 0.5) is 0 Å². The molecule has 9 nitrogen and oxygen atoms in total. The van der Waals surface area contributed by atoms with E-state index >= 15 is 0 Å². The molecule has 1 atom stereocenters. The molecule has 188 valence electrons. The number of hydrogen-bond donors (Lipinski definition) is 1. The fraction of sp³-hybridized carbons (Fsp3) is 0.240. The van der Waals surface area contributed by atoms with Gasteiger partial charge in [-0.3, -0.25) is 4.79 Å². The third-order valence-electron chi connectivity index (χ3n) is 5.43. The summed E-state index contributed by atoms with van der Waals surface area (Å²) in [4.78, 5) is 33.8. The van der Waals surface area contributed by atoms with E-state index in [0.717, 1.165) is 10.4 Å². The lowest BCUT2D eigenvalue weighted by atomic mass is 10.2. The number of fused-ring (bicyclic) bond motifs is 1. The first-order valence-electron chi connectivity index (χ1n) is 11.1. The van der Waals surface area contributed by atoms with Crippen LogP contribution in [0.15, 0.2) is 58.2 Å². The van der Waals surface area contributed by atoms with Gasteiger partial charge in [0.15, 0.2) is 23.4 Å². The predicted octanol–water partition coefficient (Wildman–Crippen LogP) is 4.69. The fourth-order valence-corrected chi connectivity index (χ4v) is 5.51. The number of rotatable bonds is 8. The van der Waals surface area contributed by atoms with Crippen LogP contribution in [-0.2, 0) is 14.9 Å². The van der Waals surface area contributed by atoms with Crippen LogP contribution < -0.4 is 14.5 Å². The largest absolute Gasteiger partial charge is 0.490 e. The molecule has 0 saturated heterocycles. The van der Waals surface area contributed by atoms with Crippen LogP contribution >= 0.6 is 11.3 Å². The van der Waals surface area contributed by atoms with Crippen LogP contribution in [0, 0.1) is 13.8 Å². The summed E-state index contributed by atoms with van der Waals surface area (Å²) in [5.74, 6) is -0.273. The van der Waals surface area contributed by atoms with Gasteiger partial charge in [-0.15, -0.1) is 11.3 Å². The van der Waals surface area contributed by atoms with Crippen molar-refractivity contribution < 1.29 is 26.9 Å². The lowest BCUT2D eigenvalue weighted by Gasteiger charge is -2.14. The Morgan fingerprint density at radius 3 is 2.56 bits per heavy atom. The highest BCUT2D eigenvalue weighted by Gasteiger charge is 2.23. The number of benzene rings is 2. The number of hydrogen-bond acceptors (Lipinski definition) is 9. The van der Waals surface area contributed by atoms with Gasteiger partial charge in [-0.05, 0) is 63.6 Å². The summed E-state index contributed by atoms with van der Waals surface area (Å²) < 4.78 is 41.9. The van der Waals surface area contributed by atoms with Crippen molar-refractivity contribution in [2.45, 2.75) is 38.7 Å². The molecule has 0 radical (unpaired) electrons. The van der Waals surface area contributed by atoms with Gasteiger partial charge in [-0.25, -0.2) is 9.78 Å². The molecule has 0 aliphatic carbocycles. The highest BCUT2D eigenvalue weighted by atomic mass is 32.2. The van der Waals surface area contributed by atoms with Crippen molar-refractivity contribution in [1.82, 2.24) is 9.97 Å². The Kier molecular flexibility index (Phi) is 7.14. The van der Waals surface area contributed by atoms with E-state index in [-0.39, 0.29) is 33.3 Å². The lowest BCUT2D eigenvalue weighted by molar-refractivity contribution is 0.0319. The molecule has 36 heavy (non-hydrogen) atoms. The van der Waals surface area contributed by atoms with Crippen LogP contribution in [-0.4, -0.2) is 31.0 Å². The molecule has 0 fully saturated rings. The maximum absolute atomic E-state index is 12.9. The van der Waals surface area contributed by atoms with Crippen LogP contribution in [0.5, 0.6) is 11.5 Å². The molecule has 0 saturated carbocycles. The summed E-state index contributed by atoms with van der Waals surface area (Å²) in [6, 6.07) is 11.7. The summed E-state index contributed by atoms with van der Waals surface area (Å²) in [6.07, 6.45) is -0.883. The smallest absolute Gasteiger partial charge is 0.339 e. The van der Waals surface area contributed by atoms with Crippen molar-refractivity contribution >= 4 is 37.6 Å². The van der Waals surface area contributed by atoms with Gasteiger partial charge in [0.2, 0.25) is 0 Å². The number of nitrogens with zero attached hydrogens (tertiary/aromatic N) is 1. The van der Waals surface area contributed by atoms with E-state index in [2.05, 4.69) is 9.97 Å². The topological polar surface area (TPSA) is 125 Å². The second kappa shape index (κ2) is 10.1. The number of aromatic amines is 1. The average molecular weight is 529 g/mol. The number of carbonyl (C=O) groups excluding carboxylic acids is 1. The quantitative estimate of drug-likeness (QED) is 0.258. The zero-order valence-electron chi connectivity index (χ0n) is 20.0. The molecule has 4 aromatic rings. The number of aromatic nitrogens is 2. The highest BCUT2D eigenvalue weighted by Crippen LogP contribution is 2.30. The van der Waals surface area contributed by atoms with Gasteiger partial charge in [0.05, 0.1) is 17.6 Å². The monoisotopic (exact) mass is 528 g/mol. The third kappa shape index (κ3) is 5.12. The summed E-state index contributed by atoms with van der Waals surface area (Å²) in [6.45, 7) is 7.44. The molecule has 0 aliphatic heterocycles. The minimum absolute atomic E-state index is 0.00384. The summed E-state index contributed by atoms with van der Waals surface area (Å²) in [5, 5.41) is 0.517. The number of esters is 1. The molecule has 0 amide bonds. The minimum Gasteiger partial charge on any atom is -0.490 e.